The van der Waals surface area contributed by atoms with Gasteiger partial charge >= 0.3 is 0 Å². The summed E-state index contributed by atoms with van der Waals surface area (Å²) in [6.45, 7) is 5.46. The molecule has 2 aromatic rings. The molecule has 2 aliphatic rings. The Morgan fingerprint density at radius 2 is 1.78 bits per heavy atom. The van der Waals surface area contributed by atoms with Gasteiger partial charge in [0.1, 0.15) is 19.3 Å². The van der Waals surface area contributed by atoms with E-state index in [1.165, 1.54) is 16.7 Å². The molecule has 0 bridgehead atoms. The van der Waals surface area contributed by atoms with E-state index in [2.05, 4.69) is 44.2 Å². The van der Waals surface area contributed by atoms with Gasteiger partial charge in [0, 0.05) is 0 Å². The Morgan fingerprint density at radius 3 is 2.59 bits per heavy atom. The maximum absolute atomic E-state index is 10.4. The Balaban J connectivity index is 1.61. The number of fused-ring (bicyclic) bond motifs is 1. The van der Waals surface area contributed by atoms with E-state index in [9.17, 15) is 5.11 Å². The summed E-state index contributed by atoms with van der Waals surface area (Å²) in [5.74, 6) is 1.65. The van der Waals surface area contributed by atoms with Gasteiger partial charge in [0.05, 0.1) is 12.2 Å². The fourth-order valence-electron chi connectivity index (χ4n) is 4.02. The molecule has 4 nitrogen and oxygen atoms in total. The first-order chi connectivity index (χ1) is 13.1. The number of hydrogen-bond acceptors (Lipinski definition) is 4. The molecule has 2 aliphatic heterocycles. The van der Waals surface area contributed by atoms with Crippen LogP contribution >= 0.6 is 0 Å². The van der Waals surface area contributed by atoms with E-state index >= 15 is 0 Å². The third-order valence-corrected chi connectivity index (χ3v) is 5.54. The van der Waals surface area contributed by atoms with Crippen LogP contribution in [0.1, 0.15) is 55.0 Å². The molecule has 0 aromatic heterocycles. The van der Waals surface area contributed by atoms with Gasteiger partial charge in [0.2, 0.25) is 0 Å². The minimum atomic E-state index is -0.434. The van der Waals surface area contributed by atoms with Gasteiger partial charge in [-0.05, 0) is 67.0 Å². The monoisotopic (exact) mass is 368 g/mol. The highest BCUT2D eigenvalue weighted by atomic mass is 16.6. The number of aliphatic hydroxyl groups is 1. The van der Waals surface area contributed by atoms with Crippen molar-refractivity contribution in [2.75, 3.05) is 13.2 Å². The highest BCUT2D eigenvalue weighted by Gasteiger charge is 2.29. The first kappa shape index (κ1) is 18.3. The van der Waals surface area contributed by atoms with Crippen molar-refractivity contribution in [2.45, 2.75) is 57.8 Å². The normalized spacial score (nSPS) is 24.6. The van der Waals surface area contributed by atoms with Gasteiger partial charge in [-0.15, -0.1) is 0 Å². The molecule has 0 saturated carbocycles. The van der Waals surface area contributed by atoms with Crippen molar-refractivity contribution in [1.29, 1.82) is 0 Å². The van der Waals surface area contributed by atoms with Crippen LogP contribution in [0.5, 0.6) is 11.5 Å². The van der Waals surface area contributed by atoms with Crippen LogP contribution in [0.3, 0.4) is 0 Å². The molecular weight excluding hydrogens is 340 g/mol. The summed E-state index contributed by atoms with van der Waals surface area (Å²) in [5.41, 5.74) is 4.87. The van der Waals surface area contributed by atoms with Crippen LogP contribution in [-0.2, 0) is 17.6 Å². The summed E-state index contributed by atoms with van der Waals surface area (Å²) in [5, 5.41) is 10.4. The van der Waals surface area contributed by atoms with E-state index in [-0.39, 0.29) is 12.2 Å². The molecule has 1 fully saturated rings. The lowest BCUT2D eigenvalue weighted by Gasteiger charge is -2.33. The second kappa shape index (κ2) is 7.91. The Morgan fingerprint density at radius 1 is 0.963 bits per heavy atom. The molecule has 3 atom stereocenters. The largest absolute Gasteiger partial charge is 0.486 e. The smallest absolute Gasteiger partial charge is 0.161 e. The third kappa shape index (κ3) is 3.97. The van der Waals surface area contributed by atoms with Crippen molar-refractivity contribution < 1.29 is 19.3 Å². The molecule has 1 saturated heterocycles. The number of benzene rings is 2. The van der Waals surface area contributed by atoms with Crippen molar-refractivity contribution in [3.63, 3.8) is 0 Å². The van der Waals surface area contributed by atoms with E-state index < -0.39 is 6.10 Å². The predicted octanol–water partition coefficient (Wildman–Crippen LogP) is 4.21. The SMILES string of the molecule is CCc1ccc([C@@H]2O[C@H](C)CC[C@H]2O)cc1Cc1ccc2c(c1)OCCO2. The average Bonchev–Trinajstić information content (AvgIpc) is 2.70. The fraction of sp³-hybridized carbons (Fsp3) is 0.478. The lowest BCUT2D eigenvalue weighted by atomic mass is 9.91. The molecule has 4 heteroatoms. The summed E-state index contributed by atoms with van der Waals surface area (Å²) in [6.07, 6.45) is 3.02. The predicted molar refractivity (Wildman–Crippen MR) is 105 cm³/mol. The zero-order chi connectivity index (χ0) is 18.8. The maximum atomic E-state index is 10.4. The Labute approximate surface area is 161 Å². The zero-order valence-electron chi connectivity index (χ0n) is 16.1. The maximum Gasteiger partial charge on any atom is 0.161 e. The van der Waals surface area contributed by atoms with Crippen LogP contribution < -0.4 is 9.47 Å². The second-order valence-corrected chi connectivity index (χ2v) is 7.55. The zero-order valence-corrected chi connectivity index (χ0v) is 16.1. The molecule has 2 heterocycles. The van der Waals surface area contributed by atoms with Gasteiger partial charge in [-0.1, -0.05) is 31.2 Å². The number of ether oxygens (including phenoxy) is 3. The van der Waals surface area contributed by atoms with Crippen molar-refractivity contribution in [3.05, 3.63) is 58.7 Å². The molecule has 0 unspecified atom stereocenters. The third-order valence-electron chi connectivity index (χ3n) is 5.54. The summed E-state index contributed by atoms with van der Waals surface area (Å²) >= 11 is 0. The summed E-state index contributed by atoms with van der Waals surface area (Å²) in [7, 11) is 0. The Bertz CT molecular complexity index is 801. The molecular formula is C23H28O4. The van der Waals surface area contributed by atoms with Gasteiger partial charge in [-0.3, -0.25) is 0 Å². The van der Waals surface area contributed by atoms with Crippen LogP contribution in [0.4, 0.5) is 0 Å². The summed E-state index contributed by atoms with van der Waals surface area (Å²) in [6, 6.07) is 12.7. The quantitative estimate of drug-likeness (QED) is 0.878. The molecule has 144 valence electrons. The number of aryl methyl sites for hydroxylation is 1. The number of aliphatic hydroxyl groups excluding tert-OH is 1. The lowest BCUT2D eigenvalue weighted by molar-refractivity contribution is -0.113. The molecule has 2 aromatic carbocycles. The number of hydrogen-bond donors (Lipinski definition) is 1. The Hall–Kier alpha value is -2.04. The lowest BCUT2D eigenvalue weighted by Crippen LogP contribution is -2.31. The first-order valence-electron chi connectivity index (χ1n) is 9.97. The van der Waals surface area contributed by atoms with Crippen molar-refractivity contribution in [3.8, 4) is 11.5 Å². The highest BCUT2D eigenvalue weighted by Crippen LogP contribution is 2.34. The van der Waals surface area contributed by atoms with Crippen LogP contribution in [0.25, 0.3) is 0 Å². The topological polar surface area (TPSA) is 47.9 Å². The van der Waals surface area contributed by atoms with E-state index in [0.29, 0.717) is 13.2 Å². The average molecular weight is 368 g/mol. The number of rotatable bonds is 4. The van der Waals surface area contributed by atoms with Crippen molar-refractivity contribution in [2.24, 2.45) is 0 Å². The van der Waals surface area contributed by atoms with E-state index in [0.717, 1.165) is 42.7 Å². The molecule has 4 rings (SSSR count). The van der Waals surface area contributed by atoms with Gasteiger partial charge in [0.15, 0.2) is 11.5 Å². The van der Waals surface area contributed by atoms with Gasteiger partial charge in [0.25, 0.3) is 0 Å². The molecule has 1 N–H and O–H groups in total. The summed E-state index contributed by atoms with van der Waals surface area (Å²) in [4.78, 5) is 0. The Kier molecular flexibility index (Phi) is 5.37. The van der Waals surface area contributed by atoms with E-state index in [1.54, 1.807) is 0 Å². The second-order valence-electron chi connectivity index (χ2n) is 7.55. The van der Waals surface area contributed by atoms with E-state index in [4.69, 9.17) is 14.2 Å². The highest BCUT2D eigenvalue weighted by molar-refractivity contribution is 5.46. The fourth-order valence-corrected chi connectivity index (χ4v) is 4.02. The molecule has 0 amide bonds. The molecule has 0 aliphatic carbocycles. The van der Waals surface area contributed by atoms with Crippen LogP contribution in [-0.4, -0.2) is 30.5 Å². The van der Waals surface area contributed by atoms with Crippen molar-refractivity contribution in [1.82, 2.24) is 0 Å². The van der Waals surface area contributed by atoms with Gasteiger partial charge in [-0.2, -0.15) is 0 Å². The molecule has 0 radical (unpaired) electrons. The standard InChI is InChI=1S/C23H28O4/c1-3-17-6-7-18(23-20(24)8-4-15(2)27-23)14-19(17)12-16-5-9-21-22(13-16)26-11-10-25-21/h5-7,9,13-15,20,23-24H,3-4,8,10-12H2,1-2H3/t15-,20-,23+/m1/s1. The van der Waals surface area contributed by atoms with Gasteiger partial charge < -0.3 is 19.3 Å². The van der Waals surface area contributed by atoms with Crippen molar-refractivity contribution >= 4 is 0 Å². The first-order valence-corrected chi connectivity index (χ1v) is 9.97. The van der Waals surface area contributed by atoms with E-state index in [1.807, 2.05) is 6.07 Å². The minimum absolute atomic E-state index is 0.186. The summed E-state index contributed by atoms with van der Waals surface area (Å²) < 4.78 is 17.4. The van der Waals surface area contributed by atoms with Gasteiger partial charge in [-0.25, -0.2) is 0 Å². The van der Waals surface area contributed by atoms with Crippen LogP contribution in [0.2, 0.25) is 0 Å². The molecule has 0 spiro atoms. The minimum Gasteiger partial charge on any atom is -0.486 e. The molecule has 27 heavy (non-hydrogen) atoms. The van der Waals surface area contributed by atoms with Crippen LogP contribution in [0.15, 0.2) is 36.4 Å². The van der Waals surface area contributed by atoms with Crippen LogP contribution in [0, 0.1) is 0 Å².